The summed E-state index contributed by atoms with van der Waals surface area (Å²) in [4.78, 5) is 21.1. The molecule has 0 bridgehead atoms. The maximum Gasteiger partial charge on any atom is 0.573 e. The molecule has 1 aliphatic heterocycles. The van der Waals surface area contributed by atoms with E-state index in [2.05, 4.69) is 45.8 Å². The molecule has 0 radical (unpaired) electrons. The van der Waals surface area contributed by atoms with Crippen molar-refractivity contribution in [1.82, 2.24) is 19.4 Å². The lowest BCUT2D eigenvalue weighted by molar-refractivity contribution is -0.274. The number of piperidine rings is 1. The highest BCUT2D eigenvalue weighted by atomic mass is 19.4. The van der Waals surface area contributed by atoms with Crippen LogP contribution in [0.15, 0.2) is 61.1 Å². The molecule has 2 unspecified atom stereocenters. The number of benzene rings is 2. The van der Waals surface area contributed by atoms with Gasteiger partial charge in [0.15, 0.2) is 0 Å². The molecule has 2 heterocycles. The van der Waals surface area contributed by atoms with Crippen LogP contribution in [0.5, 0.6) is 11.6 Å². The first-order valence-electron chi connectivity index (χ1n) is 12.2. The average Bonchev–Trinajstić information content (AvgIpc) is 3.12. The first-order valence-corrected chi connectivity index (χ1v) is 12.2. The minimum absolute atomic E-state index is 0.101. The lowest BCUT2D eigenvalue weighted by Gasteiger charge is -2.25. The smallest absolute Gasteiger partial charge is 0.406 e. The fourth-order valence-electron chi connectivity index (χ4n) is 5.20. The van der Waals surface area contributed by atoms with Crippen molar-refractivity contribution < 1.29 is 27.4 Å². The van der Waals surface area contributed by atoms with Gasteiger partial charge in [0.2, 0.25) is 5.88 Å². The summed E-state index contributed by atoms with van der Waals surface area (Å²) in [6.45, 7) is 5.46. The molecule has 196 valence electrons. The zero-order valence-corrected chi connectivity index (χ0v) is 20.7. The van der Waals surface area contributed by atoms with Crippen LogP contribution in [0.2, 0.25) is 0 Å². The molecule has 2 aliphatic rings. The Morgan fingerprint density at radius 3 is 2.49 bits per heavy atom. The average molecular weight is 515 g/mol. The predicted molar refractivity (Wildman–Crippen MR) is 130 cm³/mol. The fourth-order valence-corrected chi connectivity index (χ4v) is 5.20. The molecule has 7 nitrogen and oxygen atoms in total. The van der Waals surface area contributed by atoms with E-state index in [0.29, 0.717) is 29.9 Å². The Hall–Kier alpha value is -3.53. The molecule has 0 spiro atoms. The number of carbonyl (C=O) groups excluding carboxylic acids is 1. The second-order valence-electron chi connectivity index (χ2n) is 9.99. The summed E-state index contributed by atoms with van der Waals surface area (Å²) in [6, 6.07) is 14.2. The van der Waals surface area contributed by atoms with Gasteiger partial charge in [0.25, 0.3) is 0 Å². The third-order valence-electron chi connectivity index (χ3n) is 7.04. The summed E-state index contributed by atoms with van der Waals surface area (Å²) in [6.07, 6.45) is -2.25. The zero-order valence-electron chi connectivity index (χ0n) is 20.7. The number of aryl methyl sites for hydroxylation is 2. The van der Waals surface area contributed by atoms with Crippen LogP contribution in [0.4, 0.5) is 18.0 Å². The van der Waals surface area contributed by atoms with Gasteiger partial charge in [-0.05, 0) is 47.9 Å². The first-order chi connectivity index (χ1) is 17.6. The first kappa shape index (κ1) is 25.1. The maximum absolute atomic E-state index is 13.1. The molecular weight excluding hydrogens is 485 g/mol. The van der Waals surface area contributed by atoms with Crippen molar-refractivity contribution in [2.75, 3.05) is 19.6 Å². The summed E-state index contributed by atoms with van der Waals surface area (Å²) in [7, 11) is 1.77. The number of hydrogen-bond donors (Lipinski definition) is 0. The summed E-state index contributed by atoms with van der Waals surface area (Å²) in [5.74, 6) is 1.14. The van der Waals surface area contributed by atoms with Gasteiger partial charge in [-0.3, -0.25) is 4.90 Å². The van der Waals surface area contributed by atoms with Gasteiger partial charge < -0.3 is 18.9 Å². The number of alkyl halides is 3. The molecule has 1 saturated heterocycles. The third-order valence-corrected chi connectivity index (χ3v) is 7.04. The number of amides is 1. The molecule has 2 atom stereocenters. The van der Waals surface area contributed by atoms with E-state index in [1.165, 1.54) is 35.7 Å². The second-order valence-corrected chi connectivity index (χ2v) is 9.99. The number of carbonyl (C=O) groups is 1. The molecule has 10 heteroatoms. The van der Waals surface area contributed by atoms with Crippen molar-refractivity contribution >= 4 is 6.09 Å². The largest absolute Gasteiger partial charge is 0.573 e. The minimum atomic E-state index is -4.79. The monoisotopic (exact) mass is 514 g/mol. The molecule has 2 fully saturated rings. The summed E-state index contributed by atoms with van der Waals surface area (Å²) in [5, 5.41) is 0. The Kier molecular flexibility index (Phi) is 6.85. The van der Waals surface area contributed by atoms with Gasteiger partial charge in [0.1, 0.15) is 5.75 Å². The maximum atomic E-state index is 13.1. The molecule has 5 rings (SSSR count). The number of nitrogens with zero attached hydrogens (tertiary/aromatic N) is 4. The van der Waals surface area contributed by atoms with E-state index < -0.39 is 12.5 Å². The van der Waals surface area contributed by atoms with E-state index in [0.717, 1.165) is 19.6 Å². The van der Waals surface area contributed by atoms with Crippen molar-refractivity contribution in [3.63, 3.8) is 0 Å². The Labute approximate surface area is 213 Å². The normalized spacial score (nSPS) is 20.9. The van der Waals surface area contributed by atoms with Crippen LogP contribution in [0.1, 0.15) is 16.7 Å². The van der Waals surface area contributed by atoms with Crippen LogP contribution in [0.3, 0.4) is 0 Å². The number of rotatable bonds is 8. The molecule has 3 aromatic rings. The highest BCUT2D eigenvalue weighted by Gasteiger charge is 2.56. The number of likely N-dealkylation sites (tertiary alicyclic amines) is 1. The van der Waals surface area contributed by atoms with E-state index >= 15 is 0 Å². The van der Waals surface area contributed by atoms with Gasteiger partial charge in [-0.25, -0.2) is 9.78 Å². The standard InChI is InChI=1S/C27H29F3N4O3/c1-18-6-8-19(9-7-18)11-33-13-22-23(14-33)24(22)15-34(26(35)36-25-16-32(2)17-31-25)12-20-4-3-5-21(10-20)37-27(28,29)30/h3-10,16-17,22-24H,11-15H2,1-2H3. The second kappa shape index (κ2) is 10.1. The van der Waals surface area contributed by atoms with Gasteiger partial charge in [0.05, 0.1) is 12.5 Å². The van der Waals surface area contributed by atoms with Gasteiger partial charge in [-0.15, -0.1) is 13.2 Å². The summed E-state index contributed by atoms with van der Waals surface area (Å²) >= 11 is 0. The van der Waals surface area contributed by atoms with E-state index in [1.807, 2.05) is 0 Å². The molecule has 37 heavy (non-hydrogen) atoms. The number of fused-ring (bicyclic) bond motifs is 1. The Balaban J connectivity index is 1.23. The van der Waals surface area contributed by atoms with Crippen LogP contribution in [0, 0.1) is 24.7 Å². The van der Waals surface area contributed by atoms with E-state index in [4.69, 9.17) is 4.74 Å². The topological polar surface area (TPSA) is 59.8 Å². The molecule has 1 aliphatic carbocycles. The van der Waals surface area contributed by atoms with Crippen LogP contribution in [0.25, 0.3) is 0 Å². The quantitative estimate of drug-likeness (QED) is 0.423. The van der Waals surface area contributed by atoms with Crippen LogP contribution in [-0.2, 0) is 20.1 Å². The third kappa shape index (κ3) is 6.43. The van der Waals surface area contributed by atoms with E-state index in [-0.39, 0.29) is 18.2 Å². The van der Waals surface area contributed by atoms with Crippen molar-refractivity contribution in [1.29, 1.82) is 0 Å². The molecular formula is C27H29F3N4O3. The molecule has 0 N–H and O–H groups in total. The Bertz CT molecular complexity index is 1230. The van der Waals surface area contributed by atoms with E-state index in [1.54, 1.807) is 28.8 Å². The van der Waals surface area contributed by atoms with Crippen LogP contribution >= 0.6 is 0 Å². The van der Waals surface area contributed by atoms with Crippen LogP contribution < -0.4 is 9.47 Å². The van der Waals surface area contributed by atoms with Gasteiger partial charge in [-0.2, -0.15) is 0 Å². The highest BCUT2D eigenvalue weighted by molar-refractivity contribution is 5.70. The van der Waals surface area contributed by atoms with Crippen molar-refractivity contribution in [3.8, 4) is 11.6 Å². The van der Waals surface area contributed by atoms with Crippen molar-refractivity contribution in [2.45, 2.75) is 26.4 Å². The molecule has 2 aromatic carbocycles. The van der Waals surface area contributed by atoms with Crippen molar-refractivity contribution in [3.05, 3.63) is 77.7 Å². The molecule has 1 amide bonds. The summed E-state index contributed by atoms with van der Waals surface area (Å²) < 4.78 is 49.3. The zero-order chi connectivity index (χ0) is 26.2. The van der Waals surface area contributed by atoms with Crippen LogP contribution in [-0.4, -0.2) is 51.4 Å². The molecule has 1 aromatic heterocycles. The number of halogens is 3. The number of ether oxygens (including phenoxy) is 2. The SMILES string of the molecule is Cc1ccc(CN2CC3C(C2)C3CN(Cc2cccc(OC(F)(F)F)c2)C(=O)Oc2cn(C)cn2)cc1. The number of aromatic nitrogens is 2. The predicted octanol–water partition coefficient (Wildman–Crippen LogP) is 5.01. The summed E-state index contributed by atoms with van der Waals surface area (Å²) in [5.41, 5.74) is 3.04. The number of hydrogen-bond acceptors (Lipinski definition) is 5. The fraction of sp³-hybridized carbons (Fsp3) is 0.407. The number of imidazole rings is 1. The van der Waals surface area contributed by atoms with Gasteiger partial charge in [-0.1, -0.05) is 42.0 Å². The van der Waals surface area contributed by atoms with E-state index in [9.17, 15) is 18.0 Å². The Morgan fingerprint density at radius 2 is 1.84 bits per heavy atom. The van der Waals surface area contributed by atoms with Crippen molar-refractivity contribution in [2.24, 2.45) is 24.8 Å². The minimum Gasteiger partial charge on any atom is -0.406 e. The lowest BCUT2D eigenvalue weighted by Crippen LogP contribution is -2.36. The van der Waals surface area contributed by atoms with Gasteiger partial charge >= 0.3 is 12.5 Å². The highest BCUT2D eigenvalue weighted by Crippen LogP contribution is 2.52. The molecule has 1 saturated carbocycles. The van der Waals surface area contributed by atoms with Gasteiger partial charge in [0, 0.05) is 39.8 Å². The lowest BCUT2D eigenvalue weighted by atomic mass is 10.1. The Morgan fingerprint density at radius 1 is 1.11 bits per heavy atom.